The maximum Gasteiger partial charge on any atom is 0.422 e. The lowest BCUT2D eigenvalue weighted by Gasteiger charge is -2.11. The van der Waals surface area contributed by atoms with Gasteiger partial charge in [0, 0.05) is 30.7 Å². The van der Waals surface area contributed by atoms with Crippen molar-refractivity contribution in [3.63, 3.8) is 0 Å². The molecule has 0 bridgehead atoms. The number of pyridine rings is 2. The third kappa shape index (κ3) is 5.11. The van der Waals surface area contributed by atoms with Crippen molar-refractivity contribution in [2.75, 3.05) is 18.5 Å². The summed E-state index contributed by atoms with van der Waals surface area (Å²) >= 11 is 0. The molecule has 0 amide bonds. The number of aromatic nitrogens is 4. The highest BCUT2D eigenvalue weighted by Crippen LogP contribution is 2.23. The zero-order chi connectivity index (χ0) is 20.3. The molecule has 28 heavy (non-hydrogen) atoms. The highest BCUT2D eigenvalue weighted by Gasteiger charge is 2.29. The number of nitrogens with one attached hydrogen (secondary N) is 1. The average molecular weight is 393 g/mol. The van der Waals surface area contributed by atoms with Gasteiger partial charge in [-0.05, 0) is 30.5 Å². The van der Waals surface area contributed by atoms with Gasteiger partial charge in [0.2, 0.25) is 5.88 Å². The fraction of sp³-hybridized carbons (Fsp3) is 0.421. The summed E-state index contributed by atoms with van der Waals surface area (Å²) in [5, 5.41) is 8.78. The second-order valence-electron chi connectivity index (χ2n) is 7.06. The van der Waals surface area contributed by atoms with Gasteiger partial charge >= 0.3 is 6.18 Å². The molecular formula is C19H22F3N5O. The quantitative estimate of drug-likeness (QED) is 0.652. The molecule has 0 radical (unpaired) electrons. The summed E-state index contributed by atoms with van der Waals surface area (Å²) in [5.74, 6) is 1.25. The van der Waals surface area contributed by atoms with E-state index in [0.29, 0.717) is 18.0 Å². The van der Waals surface area contributed by atoms with Crippen LogP contribution in [-0.4, -0.2) is 39.1 Å². The van der Waals surface area contributed by atoms with E-state index in [2.05, 4.69) is 34.2 Å². The van der Waals surface area contributed by atoms with E-state index < -0.39 is 12.8 Å². The molecule has 1 N–H and O–H groups in total. The first kappa shape index (κ1) is 19.9. The van der Waals surface area contributed by atoms with Crippen LogP contribution in [0.5, 0.6) is 5.88 Å². The summed E-state index contributed by atoms with van der Waals surface area (Å²) in [6.07, 6.45) is 0.716. The lowest BCUT2D eigenvalue weighted by Crippen LogP contribution is -2.20. The Morgan fingerprint density at radius 2 is 2.04 bits per heavy atom. The molecular weight excluding hydrogens is 371 g/mol. The van der Waals surface area contributed by atoms with E-state index in [-0.39, 0.29) is 5.88 Å². The average Bonchev–Trinajstić information content (AvgIpc) is 3.01. The molecule has 3 rings (SSSR count). The Labute approximate surface area is 160 Å². The van der Waals surface area contributed by atoms with Crippen molar-refractivity contribution in [2.45, 2.75) is 33.5 Å². The predicted molar refractivity (Wildman–Crippen MR) is 100 cm³/mol. The second-order valence-corrected chi connectivity index (χ2v) is 7.06. The van der Waals surface area contributed by atoms with Gasteiger partial charge in [0.05, 0.1) is 17.4 Å². The number of rotatable bonds is 7. The Kier molecular flexibility index (Phi) is 5.71. The maximum absolute atomic E-state index is 12.3. The van der Waals surface area contributed by atoms with E-state index in [1.807, 2.05) is 12.3 Å². The van der Waals surface area contributed by atoms with Crippen LogP contribution in [0.1, 0.15) is 25.0 Å². The van der Waals surface area contributed by atoms with Crippen molar-refractivity contribution >= 4 is 16.7 Å². The number of aryl methyl sites for hydroxylation is 1. The Balaban J connectivity index is 1.75. The van der Waals surface area contributed by atoms with Crippen molar-refractivity contribution in [3.8, 4) is 5.88 Å². The van der Waals surface area contributed by atoms with Gasteiger partial charge in [0.1, 0.15) is 5.82 Å². The number of anilines is 1. The standard InChI is InChI=1S/C19H22F3N5O/c1-12(2)7-24-17-15-10-27(26-16(15)4-5-23-17)9-14-6-13(3)18(25-8-14)28-11-19(20,21)22/h4-6,8,10,12H,7,9,11H2,1-3H3,(H,23,24). The third-order valence-corrected chi connectivity index (χ3v) is 3.96. The minimum Gasteiger partial charge on any atom is -0.468 e. The molecule has 6 nitrogen and oxygen atoms in total. The Morgan fingerprint density at radius 3 is 2.71 bits per heavy atom. The van der Waals surface area contributed by atoms with Gasteiger partial charge in [-0.25, -0.2) is 9.97 Å². The van der Waals surface area contributed by atoms with Crippen molar-refractivity contribution in [1.29, 1.82) is 0 Å². The number of fused-ring (bicyclic) bond motifs is 1. The van der Waals surface area contributed by atoms with Gasteiger partial charge in [-0.3, -0.25) is 4.68 Å². The van der Waals surface area contributed by atoms with Crippen LogP contribution in [0.15, 0.2) is 30.7 Å². The zero-order valence-electron chi connectivity index (χ0n) is 15.9. The van der Waals surface area contributed by atoms with E-state index in [0.717, 1.165) is 28.8 Å². The Hall–Kier alpha value is -2.84. The molecule has 0 spiro atoms. The molecule has 9 heteroatoms. The molecule has 3 heterocycles. The number of nitrogens with zero attached hydrogens (tertiary/aromatic N) is 4. The number of halogens is 3. The maximum atomic E-state index is 12.3. The zero-order valence-corrected chi connectivity index (χ0v) is 15.9. The minimum absolute atomic E-state index is 0.0175. The third-order valence-electron chi connectivity index (χ3n) is 3.96. The molecule has 3 aromatic heterocycles. The van der Waals surface area contributed by atoms with E-state index in [1.165, 1.54) is 6.20 Å². The van der Waals surface area contributed by atoms with E-state index >= 15 is 0 Å². The molecule has 150 valence electrons. The van der Waals surface area contributed by atoms with Crippen LogP contribution in [-0.2, 0) is 6.54 Å². The lowest BCUT2D eigenvalue weighted by atomic mass is 10.2. The van der Waals surface area contributed by atoms with Crippen molar-refractivity contribution < 1.29 is 17.9 Å². The van der Waals surface area contributed by atoms with Crippen LogP contribution in [0.3, 0.4) is 0 Å². The molecule has 0 saturated carbocycles. The number of alkyl halides is 3. The van der Waals surface area contributed by atoms with Crippen LogP contribution in [0, 0.1) is 12.8 Å². The van der Waals surface area contributed by atoms with Crippen LogP contribution in [0.4, 0.5) is 19.0 Å². The summed E-state index contributed by atoms with van der Waals surface area (Å²) in [6.45, 7) is 5.79. The Morgan fingerprint density at radius 1 is 1.25 bits per heavy atom. The fourth-order valence-electron chi connectivity index (χ4n) is 2.71. The van der Waals surface area contributed by atoms with Gasteiger partial charge in [0.25, 0.3) is 0 Å². The van der Waals surface area contributed by atoms with Crippen molar-refractivity contribution in [1.82, 2.24) is 19.7 Å². The molecule has 0 aromatic carbocycles. The molecule has 0 atom stereocenters. The number of ether oxygens (including phenoxy) is 1. The van der Waals surface area contributed by atoms with E-state index in [4.69, 9.17) is 4.74 Å². The van der Waals surface area contributed by atoms with Crippen molar-refractivity contribution in [3.05, 3.63) is 41.9 Å². The summed E-state index contributed by atoms with van der Waals surface area (Å²) in [6, 6.07) is 3.59. The van der Waals surface area contributed by atoms with Gasteiger partial charge in [-0.1, -0.05) is 13.8 Å². The van der Waals surface area contributed by atoms with Gasteiger partial charge in [-0.15, -0.1) is 0 Å². The van der Waals surface area contributed by atoms with Crippen LogP contribution in [0.25, 0.3) is 10.9 Å². The van der Waals surface area contributed by atoms with Gasteiger partial charge < -0.3 is 10.1 Å². The lowest BCUT2D eigenvalue weighted by molar-refractivity contribution is -0.154. The highest BCUT2D eigenvalue weighted by molar-refractivity contribution is 5.88. The number of hydrogen-bond acceptors (Lipinski definition) is 5. The van der Waals surface area contributed by atoms with Gasteiger partial charge in [0.15, 0.2) is 6.61 Å². The van der Waals surface area contributed by atoms with Crippen LogP contribution >= 0.6 is 0 Å². The normalized spacial score (nSPS) is 12.0. The first-order valence-electron chi connectivity index (χ1n) is 8.92. The number of hydrogen-bond donors (Lipinski definition) is 1. The SMILES string of the molecule is Cc1cc(Cn2cc3c(NCC(C)C)nccc3n2)cnc1OCC(F)(F)F. The van der Waals surface area contributed by atoms with E-state index in [1.54, 1.807) is 23.9 Å². The smallest absolute Gasteiger partial charge is 0.422 e. The molecule has 0 aliphatic heterocycles. The molecule has 0 aliphatic rings. The first-order valence-corrected chi connectivity index (χ1v) is 8.92. The summed E-state index contributed by atoms with van der Waals surface area (Å²) in [4.78, 5) is 8.39. The topological polar surface area (TPSA) is 64.9 Å². The second kappa shape index (κ2) is 8.04. The predicted octanol–water partition coefficient (Wildman–Crippen LogP) is 4.19. The van der Waals surface area contributed by atoms with Crippen molar-refractivity contribution in [2.24, 2.45) is 5.92 Å². The van der Waals surface area contributed by atoms with Gasteiger partial charge in [-0.2, -0.15) is 18.3 Å². The first-order chi connectivity index (χ1) is 13.2. The largest absolute Gasteiger partial charge is 0.468 e. The molecule has 0 fully saturated rings. The monoisotopic (exact) mass is 393 g/mol. The molecule has 0 saturated heterocycles. The summed E-state index contributed by atoms with van der Waals surface area (Å²) < 4.78 is 43.4. The highest BCUT2D eigenvalue weighted by atomic mass is 19.4. The summed E-state index contributed by atoms with van der Waals surface area (Å²) in [5.41, 5.74) is 2.17. The minimum atomic E-state index is -4.39. The van der Waals surface area contributed by atoms with Crippen LogP contribution < -0.4 is 10.1 Å². The van der Waals surface area contributed by atoms with Crippen LogP contribution in [0.2, 0.25) is 0 Å². The summed E-state index contributed by atoms with van der Waals surface area (Å²) in [7, 11) is 0. The molecule has 3 aromatic rings. The molecule has 0 unspecified atom stereocenters. The van der Waals surface area contributed by atoms with E-state index in [9.17, 15) is 13.2 Å². The molecule has 0 aliphatic carbocycles. The Bertz CT molecular complexity index is 952. The fourth-order valence-corrected chi connectivity index (χ4v) is 2.71.